The molecule has 6 nitrogen and oxygen atoms in total. The molecule has 136 valence electrons. The first-order valence-electron chi connectivity index (χ1n) is 8.54. The number of nitrogens with one attached hydrogen (secondary N) is 1. The van der Waals surface area contributed by atoms with Crippen molar-refractivity contribution in [1.82, 2.24) is 0 Å². The summed E-state index contributed by atoms with van der Waals surface area (Å²) < 4.78 is 0. The van der Waals surface area contributed by atoms with Gasteiger partial charge in [0.15, 0.2) is 0 Å². The minimum Gasteiger partial charge on any atom is -0.377 e. The largest absolute Gasteiger partial charge is 0.377 e. The highest BCUT2D eigenvalue weighted by Gasteiger charge is 2.32. The van der Waals surface area contributed by atoms with Crippen LogP contribution in [0.5, 0.6) is 0 Å². The average molecular weight is 353 g/mol. The van der Waals surface area contributed by atoms with E-state index in [1.165, 1.54) is 4.90 Å². The van der Waals surface area contributed by atoms with E-state index in [2.05, 4.69) is 5.32 Å². The number of benzene rings is 1. The first-order chi connectivity index (χ1) is 12.1. The van der Waals surface area contributed by atoms with Gasteiger partial charge in [-0.2, -0.15) is 5.26 Å². The van der Waals surface area contributed by atoms with Crippen LogP contribution in [0.1, 0.15) is 46.6 Å². The summed E-state index contributed by atoms with van der Waals surface area (Å²) in [5, 5.41) is 12.0. The van der Waals surface area contributed by atoms with E-state index >= 15 is 0 Å². The Morgan fingerprint density at radius 2 is 1.77 bits per heavy atom. The minimum atomic E-state index is -0.681. The zero-order chi connectivity index (χ0) is 19.6. The molecule has 0 spiro atoms. The number of amides is 1. The molecule has 0 aromatic heterocycles. The summed E-state index contributed by atoms with van der Waals surface area (Å²) in [5.74, 6) is -0.298. The van der Waals surface area contributed by atoms with Crippen molar-refractivity contribution in [2.24, 2.45) is 5.41 Å². The van der Waals surface area contributed by atoms with Gasteiger partial charge < -0.3 is 5.32 Å². The SMILES string of the molecule is CCC(=O)N(c1ccc(C#N)cc1)c1c(NC(C)C(C)(C)C)c(=O)c1=O. The number of carbonyl (C=O) groups is 1. The van der Waals surface area contributed by atoms with E-state index in [1.807, 2.05) is 33.8 Å². The Labute approximate surface area is 152 Å². The molecule has 1 N–H and O–H groups in total. The van der Waals surface area contributed by atoms with E-state index in [0.29, 0.717) is 11.3 Å². The molecule has 0 saturated heterocycles. The fourth-order valence-electron chi connectivity index (χ4n) is 2.40. The van der Waals surface area contributed by atoms with E-state index in [1.54, 1.807) is 31.2 Å². The number of hydrogen-bond acceptors (Lipinski definition) is 5. The maximum Gasteiger partial charge on any atom is 0.254 e. The second kappa shape index (κ2) is 7.12. The fourth-order valence-corrected chi connectivity index (χ4v) is 2.40. The zero-order valence-electron chi connectivity index (χ0n) is 15.7. The van der Waals surface area contributed by atoms with Crippen LogP contribution in [0.2, 0.25) is 0 Å². The van der Waals surface area contributed by atoms with Crippen LogP contribution in [0.25, 0.3) is 0 Å². The van der Waals surface area contributed by atoms with Gasteiger partial charge in [-0.3, -0.25) is 19.3 Å². The van der Waals surface area contributed by atoms with Crippen LogP contribution < -0.4 is 21.1 Å². The second-order valence-electron chi connectivity index (χ2n) is 7.36. The monoisotopic (exact) mass is 353 g/mol. The van der Waals surface area contributed by atoms with Gasteiger partial charge in [0.25, 0.3) is 10.9 Å². The lowest BCUT2D eigenvalue weighted by Crippen LogP contribution is -2.45. The molecule has 26 heavy (non-hydrogen) atoms. The van der Waals surface area contributed by atoms with Gasteiger partial charge in [0.05, 0.1) is 11.6 Å². The van der Waals surface area contributed by atoms with E-state index in [-0.39, 0.29) is 35.2 Å². The lowest BCUT2D eigenvalue weighted by atomic mass is 9.87. The Morgan fingerprint density at radius 1 is 1.19 bits per heavy atom. The molecule has 0 aliphatic rings. The quantitative estimate of drug-likeness (QED) is 0.834. The summed E-state index contributed by atoms with van der Waals surface area (Å²) in [6, 6.07) is 8.27. The van der Waals surface area contributed by atoms with Gasteiger partial charge in [-0.15, -0.1) is 0 Å². The van der Waals surface area contributed by atoms with Crippen LogP contribution in [-0.2, 0) is 4.79 Å². The number of rotatable bonds is 5. The van der Waals surface area contributed by atoms with Gasteiger partial charge in [0.1, 0.15) is 11.4 Å². The number of carbonyl (C=O) groups excluding carboxylic acids is 1. The Kier molecular flexibility index (Phi) is 5.31. The van der Waals surface area contributed by atoms with Crippen molar-refractivity contribution in [3.8, 4) is 6.07 Å². The topological polar surface area (TPSA) is 90.3 Å². The van der Waals surface area contributed by atoms with Crippen LogP contribution >= 0.6 is 0 Å². The standard InChI is InChI=1S/C20H23N3O3/c1-6-15(24)23(14-9-7-13(11-21)8-10-14)17-16(18(25)19(17)26)22-12(2)20(3,4)5/h7-10,12,22H,6H2,1-5H3. The van der Waals surface area contributed by atoms with Crippen LogP contribution in [0, 0.1) is 16.7 Å². The summed E-state index contributed by atoms with van der Waals surface area (Å²) in [4.78, 5) is 38.2. The number of nitriles is 1. The van der Waals surface area contributed by atoms with Gasteiger partial charge in [-0.05, 0) is 36.6 Å². The summed E-state index contributed by atoms with van der Waals surface area (Å²) in [5.41, 5.74) is -0.285. The molecule has 2 aromatic rings. The average Bonchev–Trinajstić information content (AvgIpc) is 2.62. The highest BCUT2D eigenvalue weighted by Crippen LogP contribution is 2.32. The molecule has 1 unspecified atom stereocenters. The summed E-state index contributed by atoms with van der Waals surface area (Å²) in [7, 11) is 0. The van der Waals surface area contributed by atoms with Crippen molar-refractivity contribution < 1.29 is 4.79 Å². The van der Waals surface area contributed by atoms with Gasteiger partial charge >= 0.3 is 0 Å². The lowest BCUT2D eigenvalue weighted by Gasteiger charge is -2.32. The third-order valence-electron chi connectivity index (χ3n) is 4.58. The first-order valence-corrected chi connectivity index (χ1v) is 8.54. The van der Waals surface area contributed by atoms with E-state index < -0.39 is 10.9 Å². The van der Waals surface area contributed by atoms with E-state index in [0.717, 1.165) is 0 Å². The molecule has 0 radical (unpaired) electrons. The maximum atomic E-state index is 12.5. The van der Waals surface area contributed by atoms with Crippen LogP contribution in [0.15, 0.2) is 33.9 Å². The van der Waals surface area contributed by atoms with Crippen molar-refractivity contribution in [2.75, 3.05) is 10.2 Å². The first kappa shape index (κ1) is 19.4. The third-order valence-corrected chi connectivity index (χ3v) is 4.58. The fraction of sp³-hybridized carbons (Fsp3) is 0.400. The normalized spacial score (nSPS) is 12.5. The van der Waals surface area contributed by atoms with Crippen molar-refractivity contribution in [1.29, 1.82) is 5.26 Å². The van der Waals surface area contributed by atoms with Crippen molar-refractivity contribution in [3.63, 3.8) is 0 Å². The molecule has 6 heteroatoms. The molecule has 2 rings (SSSR count). The zero-order valence-corrected chi connectivity index (χ0v) is 15.7. The molecule has 0 saturated carbocycles. The van der Waals surface area contributed by atoms with Crippen LogP contribution in [0.4, 0.5) is 17.1 Å². The predicted molar refractivity (Wildman–Crippen MR) is 102 cm³/mol. The van der Waals surface area contributed by atoms with Crippen LogP contribution in [0.3, 0.4) is 0 Å². The summed E-state index contributed by atoms with van der Waals surface area (Å²) in [6.07, 6.45) is 0.174. The number of anilines is 3. The lowest BCUT2D eigenvalue weighted by molar-refractivity contribution is -0.117. The van der Waals surface area contributed by atoms with Gasteiger partial charge in [0.2, 0.25) is 5.91 Å². The third kappa shape index (κ3) is 3.52. The van der Waals surface area contributed by atoms with Gasteiger partial charge in [-0.1, -0.05) is 27.7 Å². The van der Waals surface area contributed by atoms with Crippen molar-refractivity contribution in [2.45, 2.75) is 47.1 Å². The Hall–Kier alpha value is -2.94. The highest BCUT2D eigenvalue weighted by molar-refractivity contribution is 6.04. The molecule has 0 aliphatic carbocycles. The summed E-state index contributed by atoms with van der Waals surface area (Å²) in [6.45, 7) is 9.67. The van der Waals surface area contributed by atoms with E-state index in [9.17, 15) is 14.4 Å². The highest BCUT2D eigenvalue weighted by atomic mass is 16.2. The molecule has 1 atom stereocenters. The Balaban J connectivity index is 2.52. The van der Waals surface area contributed by atoms with Crippen molar-refractivity contribution >= 4 is 23.0 Å². The van der Waals surface area contributed by atoms with Crippen LogP contribution in [-0.4, -0.2) is 11.9 Å². The molecule has 0 heterocycles. The second-order valence-corrected chi connectivity index (χ2v) is 7.36. The van der Waals surface area contributed by atoms with Gasteiger partial charge in [0, 0.05) is 18.2 Å². The molecule has 0 aliphatic heterocycles. The molecule has 0 fully saturated rings. The summed E-state index contributed by atoms with van der Waals surface area (Å²) >= 11 is 0. The molecular formula is C20H23N3O3. The minimum absolute atomic E-state index is 0.0719. The Bertz CT molecular complexity index is 923. The molecule has 2 aromatic carbocycles. The maximum absolute atomic E-state index is 12.5. The number of nitrogens with zero attached hydrogens (tertiary/aromatic N) is 2. The predicted octanol–water partition coefficient (Wildman–Crippen LogP) is 3.08. The van der Waals surface area contributed by atoms with Gasteiger partial charge in [-0.25, -0.2) is 0 Å². The number of hydrogen-bond donors (Lipinski definition) is 1. The van der Waals surface area contributed by atoms with Crippen molar-refractivity contribution in [3.05, 3.63) is 50.3 Å². The molecule has 0 bridgehead atoms. The van der Waals surface area contributed by atoms with E-state index in [4.69, 9.17) is 5.26 Å². The molecule has 1 amide bonds. The smallest absolute Gasteiger partial charge is 0.254 e. The Morgan fingerprint density at radius 3 is 2.23 bits per heavy atom. The molecular weight excluding hydrogens is 330 g/mol.